The summed E-state index contributed by atoms with van der Waals surface area (Å²) in [6, 6.07) is 5.56. The number of nitrogens with zero attached hydrogens (tertiary/aromatic N) is 3. The monoisotopic (exact) mass is 370 g/mol. The molecule has 1 N–H and O–H groups in total. The third kappa shape index (κ3) is 3.69. The largest absolute Gasteiger partial charge is 0.497 e. The predicted octanol–water partition coefficient (Wildman–Crippen LogP) is 2.21. The topological polar surface area (TPSA) is 76.6 Å². The Morgan fingerprint density at radius 3 is 3.00 bits per heavy atom. The number of aromatic nitrogens is 2. The maximum Gasteiger partial charge on any atom is 0.242 e. The Morgan fingerprint density at radius 1 is 1.33 bits per heavy atom. The number of benzene rings is 1. The zero-order valence-corrected chi connectivity index (χ0v) is 15.9. The summed E-state index contributed by atoms with van der Waals surface area (Å²) in [6.07, 6.45) is 4.02. The highest BCUT2D eigenvalue weighted by atomic mass is 16.5. The first-order chi connectivity index (χ1) is 13.2. The maximum atomic E-state index is 12.7. The van der Waals surface area contributed by atoms with Gasteiger partial charge in [-0.1, -0.05) is 0 Å². The number of fused-ring (bicyclic) bond motifs is 1. The molecule has 1 amide bonds. The highest BCUT2D eigenvalue weighted by molar-refractivity contribution is 5.87. The van der Waals surface area contributed by atoms with E-state index in [-0.39, 0.29) is 18.1 Å². The van der Waals surface area contributed by atoms with Gasteiger partial charge in [-0.2, -0.15) is 0 Å². The van der Waals surface area contributed by atoms with Gasteiger partial charge < -0.3 is 19.7 Å². The minimum atomic E-state index is -0.221. The van der Waals surface area contributed by atoms with Crippen LogP contribution in [0.5, 0.6) is 5.75 Å². The summed E-state index contributed by atoms with van der Waals surface area (Å²) in [5, 5.41) is 4.02. The van der Waals surface area contributed by atoms with Crippen LogP contribution in [0, 0.1) is 6.92 Å². The lowest BCUT2D eigenvalue weighted by Crippen LogP contribution is -2.46. The van der Waals surface area contributed by atoms with Crippen LogP contribution in [-0.2, 0) is 9.53 Å². The van der Waals surface area contributed by atoms with Crippen LogP contribution in [0.3, 0.4) is 0 Å². The van der Waals surface area contributed by atoms with Gasteiger partial charge in [-0.25, -0.2) is 9.97 Å². The lowest BCUT2D eigenvalue weighted by Gasteiger charge is -2.25. The van der Waals surface area contributed by atoms with E-state index in [0.717, 1.165) is 61.2 Å². The van der Waals surface area contributed by atoms with Gasteiger partial charge in [0.05, 0.1) is 24.4 Å². The summed E-state index contributed by atoms with van der Waals surface area (Å²) in [5.41, 5.74) is 1.75. The molecule has 0 aliphatic carbocycles. The second-order valence-electron chi connectivity index (χ2n) is 7.22. The van der Waals surface area contributed by atoms with Crippen molar-refractivity contribution < 1.29 is 14.3 Å². The van der Waals surface area contributed by atoms with Gasteiger partial charge in [0.1, 0.15) is 11.8 Å². The second kappa shape index (κ2) is 7.68. The second-order valence-corrected chi connectivity index (χ2v) is 7.22. The van der Waals surface area contributed by atoms with Gasteiger partial charge in [0, 0.05) is 25.1 Å². The van der Waals surface area contributed by atoms with Gasteiger partial charge in [0.25, 0.3) is 0 Å². The van der Waals surface area contributed by atoms with Crippen molar-refractivity contribution >= 4 is 22.8 Å². The fourth-order valence-electron chi connectivity index (χ4n) is 3.92. The van der Waals surface area contributed by atoms with E-state index in [2.05, 4.69) is 10.3 Å². The van der Waals surface area contributed by atoms with E-state index < -0.39 is 0 Å². The van der Waals surface area contributed by atoms with Crippen LogP contribution in [0.25, 0.3) is 10.9 Å². The molecule has 0 spiro atoms. The minimum Gasteiger partial charge on any atom is -0.497 e. The maximum absolute atomic E-state index is 12.7. The zero-order valence-electron chi connectivity index (χ0n) is 15.9. The molecule has 3 heterocycles. The van der Waals surface area contributed by atoms with E-state index in [1.54, 1.807) is 7.11 Å². The van der Waals surface area contributed by atoms with Gasteiger partial charge in [0.2, 0.25) is 11.9 Å². The molecule has 1 aromatic heterocycles. The van der Waals surface area contributed by atoms with Crippen LogP contribution >= 0.6 is 0 Å². The van der Waals surface area contributed by atoms with E-state index >= 15 is 0 Å². The van der Waals surface area contributed by atoms with Crippen molar-refractivity contribution in [1.29, 1.82) is 0 Å². The van der Waals surface area contributed by atoms with Crippen molar-refractivity contribution in [2.24, 2.45) is 0 Å². The minimum absolute atomic E-state index is 0.0408. The summed E-state index contributed by atoms with van der Waals surface area (Å²) in [4.78, 5) is 24.2. The van der Waals surface area contributed by atoms with Crippen LogP contribution in [0.15, 0.2) is 18.2 Å². The Labute approximate surface area is 159 Å². The standard InChI is InChI=1S/C20H26N4O3/c1-13-16-11-14(26-2)7-8-17(16)23-20(22-13)24-9-3-6-18(24)19(25)21-12-15-5-4-10-27-15/h7-8,11,15,18H,3-6,9-10,12H2,1-2H3,(H,21,25). The Bertz CT molecular complexity index is 835. The number of anilines is 1. The van der Waals surface area contributed by atoms with Gasteiger partial charge in [-0.15, -0.1) is 0 Å². The fraction of sp³-hybridized carbons (Fsp3) is 0.550. The number of amides is 1. The number of carbonyl (C=O) groups is 1. The molecule has 7 heteroatoms. The molecule has 27 heavy (non-hydrogen) atoms. The molecule has 2 aromatic rings. The van der Waals surface area contributed by atoms with Crippen molar-refractivity contribution in [3.05, 3.63) is 23.9 Å². The van der Waals surface area contributed by atoms with Crippen molar-refractivity contribution in [2.75, 3.05) is 31.7 Å². The summed E-state index contributed by atoms with van der Waals surface area (Å²) in [5.74, 6) is 1.45. The predicted molar refractivity (Wildman–Crippen MR) is 103 cm³/mol. The molecule has 0 radical (unpaired) electrons. The SMILES string of the molecule is COc1ccc2nc(N3CCCC3C(=O)NCC3CCCO3)nc(C)c2c1. The zero-order chi connectivity index (χ0) is 18.8. The first-order valence-corrected chi connectivity index (χ1v) is 9.64. The van der Waals surface area contributed by atoms with Gasteiger partial charge in [-0.05, 0) is 50.8 Å². The van der Waals surface area contributed by atoms with E-state index in [0.29, 0.717) is 12.5 Å². The molecule has 0 bridgehead atoms. The van der Waals surface area contributed by atoms with Crippen LogP contribution in [0.4, 0.5) is 5.95 Å². The molecule has 2 saturated heterocycles. The third-order valence-corrected chi connectivity index (χ3v) is 5.42. The van der Waals surface area contributed by atoms with Crippen molar-refractivity contribution in [1.82, 2.24) is 15.3 Å². The summed E-state index contributed by atoms with van der Waals surface area (Å²) >= 11 is 0. The smallest absolute Gasteiger partial charge is 0.242 e. The van der Waals surface area contributed by atoms with Crippen molar-refractivity contribution in [3.8, 4) is 5.75 Å². The molecule has 7 nitrogen and oxygen atoms in total. The average molecular weight is 370 g/mol. The number of hydrogen-bond donors (Lipinski definition) is 1. The molecule has 2 fully saturated rings. The van der Waals surface area contributed by atoms with E-state index in [9.17, 15) is 4.79 Å². The highest BCUT2D eigenvalue weighted by Crippen LogP contribution is 2.27. The molecule has 144 valence electrons. The molecular weight excluding hydrogens is 344 g/mol. The summed E-state index contributed by atoms with van der Waals surface area (Å²) in [7, 11) is 1.65. The van der Waals surface area contributed by atoms with E-state index in [4.69, 9.17) is 14.5 Å². The van der Waals surface area contributed by atoms with Gasteiger partial charge in [-0.3, -0.25) is 4.79 Å². The number of rotatable bonds is 5. The Kier molecular flexibility index (Phi) is 5.11. The van der Waals surface area contributed by atoms with Gasteiger partial charge >= 0.3 is 0 Å². The first kappa shape index (κ1) is 18.0. The number of hydrogen-bond acceptors (Lipinski definition) is 6. The fourth-order valence-corrected chi connectivity index (χ4v) is 3.92. The normalized spacial score (nSPS) is 22.4. The van der Waals surface area contributed by atoms with Gasteiger partial charge in [0.15, 0.2) is 0 Å². The number of nitrogens with one attached hydrogen (secondary N) is 1. The van der Waals surface area contributed by atoms with E-state index in [1.165, 1.54) is 0 Å². The molecule has 2 atom stereocenters. The Hall–Kier alpha value is -2.41. The number of carbonyl (C=O) groups excluding carboxylic acids is 1. The van der Waals surface area contributed by atoms with E-state index in [1.807, 2.05) is 30.0 Å². The molecule has 2 aliphatic rings. The lowest BCUT2D eigenvalue weighted by atomic mass is 10.2. The molecule has 0 saturated carbocycles. The number of methoxy groups -OCH3 is 1. The van der Waals surface area contributed by atoms with Crippen LogP contribution in [-0.4, -0.2) is 54.8 Å². The highest BCUT2D eigenvalue weighted by Gasteiger charge is 2.33. The molecular formula is C20H26N4O3. The Balaban J connectivity index is 1.53. The molecule has 2 unspecified atom stereocenters. The summed E-state index contributed by atoms with van der Waals surface area (Å²) < 4.78 is 10.9. The summed E-state index contributed by atoms with van der Waals surface area (Å²) in [6.45, 7) is 4.14. The third-order valence-electron chi connectivity index (χ3n) is 5.42. The first-order valence-electron chi connectivity index (χ1n) is 9.64. The number of aryl methyl sites for hydroxylation is 1. The van der Waals surface area contributed by atoms with Crippen molar-refractivity contribution in [3.63, 3.8) is 0 Å². The lowest BCUT2D eigenvalue weighted by molar-refractivity contribution is -0.122. The Morgan fingerprint density at radius 2 is 2.22 bits per heavy atom. The molecule has 1 aromatic carbocycles. The van der Waals surface area contributed by atoms with Crippen LogP contribution in [0.1, 0.15) is 31.4 Å². The van der Waals surface area contributed by atoms with Crippen LogP contribution < -0.4 is 15.0 Å². The molecule has 4 rings (SSSR count). The average Bonchev–Trinajstić information content (AvgIpc) is 3.37. The molecule has 2 aliphatic heterocycles. The quantitative estimate of drug-likeness (QED) is 0.870. The number of ether oxygens (including phenoxy) is 2. The van der Waals surface area contributed by atoms with Crippen molar-refractivity contribution in [2.45, 2.75) is 44.8 Å². The van der Waals surface area contributed by atoms with Crippen LogP contribution in [0.2, 0.25) is 0 Å².